The molecule has 5 aliphatic rings. The molecule has 0 amide bonds. The van der Waals surface area contributed by atoms with E-state index < -0.39 is 22.5 Å². The van der Waals surface area contributed by atoms with Crippen LogP contribution in [0.1, 0.15) is 47.0 Å². The predicted octanol–water partition coefficient (Wildman–Crippen LogP) is 2.49. The van der Waals surface area contributed by atoms with E-state index >= 15 is 0 Å². The summed E-state index contributed by atoms with van der Waals surface area (Å²) < 4.78 is 17.7. The Bertz CT molecular complexity index is 805. The van der Waals surface area contributed by atoms with E-state index in [0.29, 0.717) is 18.8 Å². The van der Waals surface area contributed by atoms with Gasteiger partial charge in [-0.3, -0.25) is 9.59 Å². The van der Waals surface area contributed by atoms with Crippen LogP contribution in [0, 0.1) is 40.4 Å². The van der Waals surface area contributed by atoms with Crippen molar-refractivity contribution in [3.8, 4) is 0 Å². The van der Waals surface area contributed by atoms with Gasteiger partial charge in [-0.15, -0.1) is 0 Å². The summed E-state index contributed by atoms with van der Waals surface area (Å²) in [4.78, 5) is 26.4. The van der Waals surface area contributed by atoms with Crippen LogP contribution in [0.5, 0.6) is 0 Å². The van der Waals surface area contributed by atoms with E-state index in [-0.39, 0.29) is 53.9 Å². The van der Waals surface area contributed by atoms with Crippen LogP contribution >= 0.6 is 0 Å². The molecule has 3 aliphatic carbocycles. The molecule has 0 bridgehead atoms. The van der Waals surface area contributed by atoms with E-state index in [1.165, 1.54) is 0 Å². The van der Waals surface area contributed by atoms with Crippen molar-refractivity contribution in [2.24, 2.45) is 40.4 Å². The highest BCUT2D eigenvalue weighted by molar-refractivity contribution is 5.99. The largest absolute Gasteiger partial charge is 0.493 e. The van der Waals surface area contributed by atoms with Gasteiger partial charge >= 0.3 is 5.97 Å². The van der Waals surface area contributed by atoms with Crippen molar-refractivity contribution >= 4 is 11.8 Å². The fourth-order valence-electron chi connectivity index (χ4n) is 8.22. The molecule has 0 radical (unpaired) electrons. The van der Waals surface area contributed by atoms with Crippen LogP contribution in [-0.4, -0.2) is 48.4 Å². The highest BCUT2D eigenvalue weighted by Gasteiger charge is 2.78. The van der Waals surface area contributed by atoms with E-state index in [4.69, 9.17) is 14.2 Å². The highest BCUT2D eigenvalue weighted by Crippen LogP contribution is 2.71. The lowest BCUT2D eigenvalue weighted by Crippen LogP contribution is -2.78. The Labute approximate surface area is 172 Å². The second-order valence-electron chi connectivity index (χ2n) is 10.5. The third-order valence-corrected chi connectivity index (χ3v) is 9.71. The Morgan fingerprint density at radius 3 is 2.66 bits per heavy atom. The number of Topliss-reactive ketones (excluding diaryl/α,β-unsaturated/α-hetero) is 1. The second-order valence-corrected chi connectivity index (χ2v) is 10.5. The van der Waals surface area contributed by atoms with Crippen molar-refractivity contribution in [1.82, 2.24) is 0 Å². The average molecular weight is 405 g/mol. The maximum absolute atomic E-state index is 13.8. The molecule has 2 saturated carbocycles. The molecule has 0 aromatic rings. The van der Waals surface area contributed by atoms with Gasteiger partial charge in [-0.25, -0.2) is 0 Å². The van der Waals surface area contributed by atoms with E-state index in [1.54, 1.807) is 7.11 Å². The minimum Gasteiger partial charge on any atom is -0.493 e. The van der Waals surface area contributed by atoms with Crippen molar-refractivity contribution in [2.75, 3.05) is 13.7 Å². The summed E-state index contributed by atoms with van der Waals surface area (Å²) in [5, 5.41) is 12.1. The van der Waals surface area contributed by atoms with Crippen LogP contribution in [0.4, 0.5) is 0 Å². The van der Waals surface area contributed by atoms with Crippen LogP contribution in [-0.2, 0) is 23.8 Å². The number of fused-ring (bicyclic) bond motifs is 4. The summed E-state index contributed by atoms with van der Waals surface area (Å²) in [6.07, 6.45) is 2.76. The van der Waals surface area contributed by atoms with Gasteiger partial charge in [0.05, 0.1) is 25.2 Å². The normalized spacial score (nSPS) is 55.9. The molecule has 2 heterocycles. The molecular weight excluding hydrogens is 372 g/mol. The number of carbonyl (C=O) groups is 2. The van der Waals surface area contributed by atoms with E-state index in [9.17, 15) is 14.7 Å². The van der Waals surface area contributed by atoms with Crippen LogP contribution in [0.3, 0.4) is 0 Å². The van der Waals surface area contributed by atoms with Gasteiger partial charge in [-0.1, -0.05) is 27.7 Å². The monoisotopic (exact) mass is 404 g/mol. The van der Waals surface area contributed by atoms with Gasteiger partial charge in [0.1, 0.15) is 6.10 Å². The number of methoxy groups -OCH3 is 1. The smallest absolute Gasteiger partial charge is 0.309 e. The molecule has 10 atom stereocenters. The van der Waals surface area contributed by atoms with Crippen LogP contribution in [0.25, 0.3) is 0 Å². The number of allylic oxidation sites excluding steroid dienone is 2. The molecule has 29 heavy (non-hydrogen) atoms. The van der Waals surface area contributed by atoms with Gasteiger partial charge in [-0.2, -0.15) is 0 Å². The first kappa shape index (κ1) is 19.6. The quantitative estimate of drug-likeness (QED) is 0.676. The number of hydrogen-bond donors (Lipinski definition) is 1. The number of carbonyl (C=O) groups excluding carboxylic acids is 2. The molecule has 2 aliphatic heterocycles. The minimum absolute atomic E-state index is 0.00386. The molecule has 5 rings (SSSR count). The number of ether oxygens (including phenoxy) is 3. The zero-order chi connectivity index (χ0) is 20.9. The van der Waals surface area contributed by atoms with Crippen LogP contribution in [0.15, 0.2) is 11.8 Å². The molecule has 160 valence electrons. The number of rotatable bonds is 1. The molecule has 0 aromatic heterocycles. The lowest BCUT2D eigenvalue weighted by molar-refractivity contribution is -0.317. The number of ketones is 1. The topological polar surface area (TPSA) is 82.1 Å². The van der Waals surface area contributed by atoms with Crippen molar-refractivity contribution < 1.29 is 28.9 Å². The van der Waals surface area contributed by atoms with Crippen molar-refractivity contribution in [2.45, 2.75) is 64.8 Å². The van der Waals surface area contributed by atoms with Crippen molar-refractivity contribution in [1.29, 1.82) is 0 Å². The molecule has 2 saturated heterocycles. The summed E-state index contributed by atoms with van der Waals surface area (Å²) in [5.74, 6) is -0.0338. The number of esters is 1. The predicted molar refractivity (Wildman–Crippen MR) is 104 cm³/mol. The molecule has 1 N–H and O–H groups in total. The fraction of sp³-hybridized carbons (Fsp3) is 0.826. The Hall–Kier alpha value is -1.40. The van der Waals surface area contributed by atoms with Crippen LogP contribution < -0.4 is 0 Å². The lowest BCUT2D eigenvalue weighted by atomic mass is 9.36. The van der Waals surface area contributed by atoms with Crippen molar-refractivity contribution in [3.63, 3.8) is 0 Å². The summed E-state index contributed by atoms with van der Waals surface area (Å²) >= 11 is 0. The SMILES string of the molecule is COC1=CC(C)C2CC3OC(=O)CC4(O)C(C)C5CCOC5C(C2(C)C1=O)C34C. The Morgan fingerprint density at radius 2 is 1.97 bits per heavy atom. The first-order valence-electron chi connectivity index (χ1n) is 10.9. The Morgan fingerprint density at radius 1 is 1.24 bits per heavy atom. The molecule has 6 heteroatoms. The van der Waals surface area contributed by atoms with Crippen molar-refractivity contribution in [3.05, 3.63) is 11.8 Å². The van der Waals surface area contributed by atoms with E-state index in [2.05, 4.69) is 6.92 Å². The van der Waals surface area contributed by atoms with Gasteiger partial charge in [0.2, 0.25) is 5.78 Å². The first-order chi connectivity index (χ1) is 13.6. The summed E-state index contributed by atoms with van der Waals surface area (Å²) in [6.45, 7) is 8.85. The maximum atomic E-state index is 13.8. The van der Waals surface area contributed by atoms with Gasteiger partial charge in [-0.05, 0) is 42.6 Å². The Kier molecular flexibility index (Phi) is 3.94. The van der Waals surface area contributed by atoms with E-state index in [0.717, 1.165) is 6.42 Å². The maximum Gasteiger partial charge on any atom is 0.309 e. The third kappa shape index (κ3) is 2.05. The van der Waals surface area contributed by atoms with Gasteiger partial charge in [0, 0.05) is 23.4 Å². The van der Waals surface area contributed by atoms with Gasteiger partial charge in [0.15, 0.2) is 5.76 Å². The molecule has 0 spiro atoms. The highest BCUT2D eigenvalue weighted by atomic mass is 16.6. The fourth-order valence-corrected chi connectivity index (χ4v) is 8.22. The summed E-state index contributed by atoms with van der Waals surface area (Å²) in [6, 6.07) is 0. The Balaban J connectivity index is 1.76. The molecule has 10 unspecified atom stereocenters. The summed E-state index contributed by atoms with van der Waals surface area (Å²) in [7, 11) is 1.55. The average Bonchev–Trinajstić information content (AvgIpc) is 3.13. The second kappa shape index (κ2) is 5.85. The first-order valence-corrected chi connectivity index (χ1v) is 10.9. The zero-order valence-corrected chi connectivity index (χ0v) is 17.9. The van der Waals surface area contributed by atoms with Gasteiger partial charge in [0.25, 0.3) is 0 Å². The molecule has 6 nitrogen and oxygen atoms in total. The molecule has 0 aromatic carbocycles. The van der Waals surface area contributed by atoms with E-state index in [1.807, 2.05) is 26.8 Å². The van der Waals surface area contributed by atoms with Crippen LogP contribution in [0.2, 0.25) is 0 Å². The number of hydrogen-bond acceptors (Lipinski definition) is 6. The third-order valence-electron chi connectivity index (χ3n) is 9.71. The summed E-state index contributed by atoms with van der Waals surface area (Å²) in [5.41, 5.74) is -2.70. The minimum atomic E-state index is -1.21. The van der Waals surface area contributed by atoms with Gasteiger partial charge < -0.3 is 19.3 Å². The standard InChI is InChI=1S/C23H32O6/c1-11-8-15(27-5)20(25)21(3)14(11)9-16-22(4)19(21)18-13(6-7-28-18)12(2)23(22,26)10-17(24)29-16/h8,11-14,16,18-19,26H,6-7,9-10H2,1-5H3. The molecular formula is C23H32O6. The lowest BCUT2D eigenvalue weighted by Gasteiger charge is -2.71. The molecule has 4 fully saturated rings. The zero-order valence-electron chi connectivity index (χ0n) is 17.9. The number of aliphatic hydroxyl groups is 1.